The van der Waals surface area contributed by atoms with Gasteiger partial charge in [0, 0.05) is 22.6 Å². The molecule has 0 atom stereocenters. The average Bonchev–Trinajstić information content (AvgIpc) is 2.56. The van der Waals surface area contributed by atoms with Gasteiger partial charge in [-0.25, -0.2) is 4.68 Å². The quantitative estimate of drug-likeness (QED) is 0.891. The molecule has 0 aliphatic heterocycles. The van der Waals surface area contributed by atoms with Gasteiger partial charge in [-0.05, 0) is 55.5 Å². The van der Waals surface area contributed by atoms with E-state index in [1.54, 1.807) is 18.2 Å². The third-order valence-corrected chi connectivity index (χ3v) is 4.52. The van der Waals surface area contributed by atoms with E-state index < -0.39 is 0 Å². The molecule has 0 radical (unpaired) electrons. The Kier molecular flexibility index (Phi) is 4.91. The van der Waals surface area contributed by atoms with Gasteiger partial charge in [-0.2, -0.15) is 5.10 Å². The lowest BCUT2D eigenvalue weighted by Gasteiger charge is -2.16. The Morgan fingerprint density at radius 2 is 1.96 bits per heavy atom. The number of hydrogen-bond donors (Lipinski definition) is 1. The Labute approximate surface area is 142 Å². The van der Waals surface area contributed by atoms with Crippen LogP contribution in [0.2, 0.25) is 0 Å². The number of amides is 1. The van der Waals surface area contributed by atoms with Crippen LogP contribution in [0.15, 0.2) is 39.6 Å². The summed E-state index contributed by atoms with van der Waals surface area (Å²) in [6, 6.07) is 8.85. The van der Waals surface area contributed by atoms with Crippen molar-refractivity contribution in [2.45, 2.75) is 32.2 Å². The van der Waals surface area contributed by atoms with Gasteiger partial charge in [-0.1, -0.05) is 15.9 Å². The van der Waals surface area contributed by atoms with Crippen molar-refractivity contribution in [3.05, 3.63) is 62.0 Å². The summed E-state index contributed by atoms with van der Waals surface area (Å²) in [5.41, 5.74) is 2.61. The van der Waals surface area contributed by atoms with Crippen molar-refractivity contribution in [3.63, 3.8) is 0 Å². The van der Waals surface area contributed by atoms with E-state index in [0.29, 0.717) is 18.7 Å². The summed E-state index contributed by atoms with van der Waals surface area (Å²) in [5, 5.41) is 7.26. The van der Waals surface area contributed by atoms with Crippen molar-refractivity contribution >= 4 is 21.8 Å². The fourth-order valence-electron chi connectivity index (χ4n) is 2.74. The van der Waals surface area contributed by atoms with E-state index in [4.69, 9.17) is 0 Å². The van der Waals surface area contributed by atoms with E-state index in [1.807, 2.05) is 12.1 Å². The molecule has 0 spiro atoms. The van der Waals surface area contributed by atoms with Gasteiger partial charge in [-0.15, -0.1) is 0 Å². The Hall–Kier alpha value is -1.95. The van der Waals surface area contributed by atoms with E-state index in [-0.39, 0.29) is 11.5 Å². The number of halogens is 1. The van der Waals surface area contributed by atoms with Crippen LogP contribution in [-0.4, -0.2) is 22.2 Å². The largest absolute Gasteiger partial charge is 0.350 e. The summed E-state index contributed by atoms with van der Waals surface area (Å²) in [6.07, 6.45) is 4.12. The molecule has 1 aromatic heterocycles. The Balaban J connectivity index is 1.61. The van der Waals surface area contributed by atoms with Crippen molar-refractivity contribution in [2.24, 2.45) is 0 Å². The summed E-state index contributed by atoms with van der Waals surface area (Å²) < 4.78 is 2.38. The molecule has 23 heavy (non-hydrogen) atoms. The van der Waals surface area contributed by atoms with Gasteiger partial charge in [0.25, 0.3) is 11.5 Å². The molecule has 1 N–H and O–H groups in total. The molecule has 1 aliphatic rings. The predicted octanol–water partition coefficient (Wildman–Crippen LogP) is 2.31. The van der Waals surface area contributed by atoms with Gasteiger partial charge in [-0.3, -0.25) is 9.59 Å². The minimum absolute atomic E-state index is 0.0939. The molecular formula is C17H18BrN3O2. The summed E-state index contributed by atoms with van der Waals surface area (Å²) in [4.78, 5) is 24.1. The van der Waals surface area contributed by atoms with Crippen LogP contribution in [0, 0.1) is 0 Å². The molecule has 0 bridgehead atoms. The molecule has 6 heteroatoms. The fourth-order valence-corrected chi connectivity index (χ4v) is 3.00. The van der Waals surface area contributed by atoms with Crippen LogP contribution in [-0.2, 0) is 19.4 Å². The molecule has 120 valence electrons. The Morgan fingerprint density at radius 3 is 2.74 bits per heavy atom. The maximum absolute atomic E-state index is 12.1. The first-order chi connectivity index (χ1) is 11.1. The highest BCUT2D eigenvalue weighted by molar-refractivity contribution is 9.10. The molecular weight excluding hydrogens is 358 g/mol. The molecule has 1 amide bonds. The Bertz CT molecular complexity index is 768. The molecule has 1 heterocycles. The van der Waals surface area contributed by atoms with Gasteiger partial charge >= 0.3 is 0 Å². The average molecular weight is 376 g/mol. The lowest BCUT2D eigenvalue weighted by atomic mass is 9.97. The second-order valence-corrected chi connectivity index (χ2v) is 6.56. The van der Waals surface area contributed by atoms with E-state index in [2.05, 4.69) is 26.3 Å². The third kappa shape index (κ3) is 3.88. The van der Waals surface area contributed by atoms with Crippen molar-refractivity contribution in [3.8, 4) is 0 Å². The molecule has 1 aromatic carbocycles. The second kappa shape index (κ2) is 7.08. The summed E-state index contributed by atoms with van der Waals surface area (Å²) in [5.74, 6) is -0.150. The van der Waals surface area contributed by atoms with Gasteiger partial charge in [0.1, 0.15) is 0 Å². The molecule has 0 unspecified atom stereocenters. The number of hydrogen-bond acceptors (Lipinski definition) is 3. The SMILES string of the molecule is O=C(NCCn1nc2c(cc1=O)CCCC2)c1ccc(Br)cc1. The van der Waals surface area contributed by atoms with E-state index >= 15 is 0 Å². The molecule has 5 nitrogen and oxygen atoms in total. The first-order valence-corrected chi connectivity index (χ1v) is 8.56. The predicted molar refractivity (Wildman–Crippen MR) is 91.6 cm³/mol. The van der Waals surface area contributed by atoms with E-state index in [1.165, 1.54) is 4.68 Å². The maximum atomic E-state index is 12.1. The standard InChI is InChI=1S/C17H18BrN3O2/c18-14-7-5-12(6-8-14)17(23)19-9-10-21-16(22)11-13-3-1-2-4-15(13)20-21/h5-8,11H,1-4,9-10H2,(H,19,23). The lowest BCUT2D eigenvalue weighted by molar-refractivity contribution is 0.0951. The number of rotatable bonds is 4. The maximum Gasteiger partial charge on any atom is 0.267 e. The molecule has 0 fully saturated rings. The first kappa shape index (κ1) is 15.9. The molecule has 3 rings (SSSR count). The zero-order valence-corrected chi connectivity index (χ0v) is 14.3. The van der Waals surface area contributed by atoms with Crippen molar-refractivity contribution in [2.75, 3.05) is 6.54 Å². The summed E-state index contributed by atoms with van der Waals surface area (Å²) >= 11 is 3.34. The van der Waals surface area contributed by atoms with Crippen molar-refractivity contribution < 1.29 is 4.79 Å². The van der Waals surface area contributed by atoms with Crippen LogP contribution in [0.3, 0.4) is 0 Å². The first-order valence-electron chi connectivity index (χ1n) is 7.77. The van der Waals surface area contributed by atoms with Gasteiger partial charge in [0.2, 0.25) is 0 Å². The fraction of sp³-hybridized carbons (Fsp3) is 0.353. The normalized spacial score (nSPS) is 13.4. The lowest BCUT2D eigenvalue weighted by Crippen LogP contribution is -2.33. The van der Waals surface area contributed by atoms with Gasteiger partial charge in [0.05, 0.1) is 12.2 Å². The van der Waals surface area contributed by atoms with E-state index in [9.17, 15) is 9.59 Å². The summed E-state index contributed by atoms with van der Waals surface area (Å²) in [7, 11) is 0. The van der Waals surface area contributed by atoms with Crippen LogP contribution in [0.1, 0.15) is 34.5 Å². The van der Waals surface area contributed by atoms with Crippen LogP contribution in [0.4, 0.5) is 0 Å². The summed E-state index contributed by atoms with van der Waals surface area (Å²) in [6.45, 7) is 0.759. The molecule has 1 aliphatic carbocycles. The number of nitrogens with one attached hydrogen (secondary N) is 1. The number of carbonyl (C=O) groups is 1. The monoisotopic (exact) mass is 375 g/mol. The minimum atomic E-state index is -0.150. The van der Waals surface area contributed by atoms with Crippen LogP contribution < -0.4 is 10.9 Å². The molecule has 2 aromatic rings. The highest BCUT2D eigenvalue weighted by Crippen LogP contribution is 2.16. The van der Waals surface area contributed by atoms with Gasteiger partial charge < -0.3 is 5.32 Å². The number of aromatic nitrogens is 2. The zero-order valence-electron chi connectivity index (χ0n) is 12.7. The van der Waals surface area contributed by atoms with Crippen LogP contribution in [0.25, 0.3) is 0 Å². The number of carbonyl (C=O) groups excluding carboxylic acids is 1. The van der Waals surface area contributed by atoms with Crippen molar-refractivity contribution in [1.29, 1.82) is 0 Å². The zero-order chi connectivity index (χ0) is 16.2. The number of benzene rings is 1. The third-order valence-electron chi connectivity index (χ3n) is 3.99. The topological polar surface area (TPSA) is 64.0 Å². The second-order valence-electron chi connectivity index (χ2n) is 5.65. The van der Waals surface area contributed by atoms with Crippen LogP contribution in [0.5, 0.6) is 0 Å². The molecule has 0 saturated carbocycles. The van der Waals surface area contributed by atoms with Crippen molar-refractivity contribution in [1.82, 2.24) is 15.1 Å². The smallest absolute Gasteiger partial charge is 0.267 e. The highest BCUT2D eigenvalue weighted by Gasteiger charge is 2.13. The molecule has 0 saturated heterocycles. The highest BCUT2D eigenvalue weighted by atomic mass is 79.9. The number of nitrogens with zero attached hydrogens (tertiary/aromatic N) is 2. The Morgan fingerprint density at radius 1 is 1.22 bits per heavy atom. The minimum Gasteiger partial charge on any atom is -0.350 e. The van der Waals surface area contributed by atoms with Crippen LogP contribution >= 0.6 is 15.9 Å². The van der Waals surface area contributed by atoms with E-state index in [0.717, 1.165) is 41.4 Å². The number of fused-ring (bicyclic) bond motifs is 1. The van der Waals surface area contributed by atoms with Gasteiger partial charge in [0.15, 0.2) is 0 Å². The number of aryl methyl sites for hydroxylation is 2.